The van der Waals surface area contributed by atoms with Gasteiger partial charge in [0.1, 0.15) is 4.60 Å². The van der Waals surface area contributed by atoms with Crippen LogP contribution in [0.2, 0.25) is 10.0 Å². The van der Waals surface area contributed by atoms with Crippen LogP contribution in [0.3, 0.4) is 0 Å². The lowest BCUT2D eigenvalue weighted by molar-refractivity contribution is -0.112. The number of hydrogen-bond acceptors (Lipinski definition) is 4. The van der Waals surface area contributed by atoms with E-state index in [0.717, 1.165) is 0 Å². The maximum Gasteiger partial charge on any atom is 0.244 e. The number of nitriles is 1. The van der Waals surface area contributed by atoms with Gasteiger partial charge in [-0.05, 0) is 39.7 Å². The molecule has 0 N–H and O–H groups in total. The smallest absolute Gasteiger partial charge is 0.244 e. The number of hydrogen-bond donors (Lipinski definition) is 0. The molecule has 0 bridgehead atoms. The highest BCUT2D eigenvalue weighted by Gasteiger charge is 2.25. The summed E-state index contributed by atoms with van der Waals surface area (Å²) in [6.07, 6.45) is 1.38. The summed E-state index contributed by atoms with van der Waals surface area (Å²) < 4.78 is 1.69. The number of carbonyl (C=O) groups excluding carboxylic acids is 1. The topological polar surface area (TPSA) is 71.6 Å². The van der Waals surface area contributed by atoms with Crippen LogP contribution in [0.25, 0.3) is 5.82 Å². The molecule has 0 aliphatic heterocycles. The van der Waals surface area contributed by atoms with E-state index in [-0.39, 0.29) is 16.5 Å². The van der Waals surface area contributed by atoms with Crippen molar-refractivity contribution < 1.29 is 4.79 Å². The summed E-state index contributed by atoms with van der Waals surface area (Å²) in [6, 6.07) is 4.79. The van der Waals surface area contributed by atoms with Crippen LogP contribution in [0, 0.1) is 11.3 Å². The van der Waals surface area contributed by atoms with Gasteiger partial charge in [-0.25, -0.2) is 9.67 Å². The Balaban J connectivity index is 2.64. The zero-order valence-electron chi connectivity index (χ0n) is 9.52. The van der Waals surface area contributed by atoms with Gasteiger partial charge in [0, 0.05) is 6.20 Å². The van der Waals surface area contributed by atoms with Crippen molar-refractivity contribution in [3.05, 3.63) is 38.7 Å². The molecule has 0 aromatic carbocycles. The Morgan fingerprint density at radius 2 is 2.15 bits per heavy atom. The Bertz CT molecular complexity index is 725. The van der Waals surface area contributed by atoms with E-state index in [1.54, 1.807) is 0 Å². The van der Waals surface area contributed by atoms with Gasteiger partial charge in [0.2, 0.25) is 5.24 Å². The van der Waals surface area contributed by atoms with Crippen LogP contribution in [-0.2, 0) is 4.79 Å². The highest BCUT2D eigenvalue weighted by atomic mass is 79.9. The molecular weight excluding hydrogens is 390 g/mol. The fourth-order valence-electron chi connectivity index (χ4n) is 1.54. The van der Waals surface area contributed by atoms with Crippen LogP contribution in [0.1, 0.15) is 11.6 Å². The highest BCUT2D eigenvalue weighted by molar-refractivity contribution is 9.10. The fourth-order valence-corrected chi connectivity index (χ4v) is 2.55. The molecule has 102 valence electrons. The summed E-state index contributed by atoms with van der Waals surface area (Å²) in [5, 5.41) is 12.9. The Labute approximate surface area is 137 Å². The number of halogens is 4. The number of rotatable bonds is 3. The molecule has 2 aromatic rings. The van der Waals surface area contributed by atoms with Crippen LogP contribution in [0.5, 0.6) is 0 Å². The van der Waals surface area contributed by atoms with Crippen molar-refractivity contribution in [2.45, 2.75) is 5.92 Å². The molecule has 0 spiro atoms. The standard InChI is InChI=1S/C11H4BrCl3N4O/c12-9-2-8(6(3-16)10(15)20)19(18-9)11-7(14)1-5(13)4-17-11/h1-2,4,6H. The minimum Gasteiger partial charge on any atom is -0.279 e. The lowest BCUT2D eigenvalue weighted by Gasteiger charge is -2.09. The van der Waals surface area contributed by atoms with E-state index < -0.39 is 11.2 Å². The van der Waals surface area contributed by atoms with Crippen molar-refractivity contribution in [3.63, 3.8) is 0 Å². The molecule has 0 fully saturated rings. The van der Waals surface area contributed by atoms with Crippen molar-refractivity contribution in [1.82, 2.24) is 14.8 Å². The second kappa shape index (κ2) is 6.10. The summed E-state index contributed by atoms with van der Waals surface area (Å²) in [5.74, 6) is -0.932. The third-order valence-electron chi connectivity index (χ3n) is 2.35. The number of pyridine rings is 1. The van der Waals surface area contributed by atoms with Crippen LogP contribution >= 0.6 is 50.7 Å². The van der Waals surface area contributed by atoms with Crippen LogP contribution in [-0.4, -0.2) is 20.0 Å². The summed E-state index contributed by atoms with van der Waals surface area (Å²) in [4.78, 5) is 15.4. The second-order valence-corrected chi connectivity index (χ2v) is 5.66. The van der Waals surface area contributed by atoms with E-state index in [1.165, 1.54) is 23.0 Å². The van der Waals surface area contributed by atoms with Crippen molar-refractivity contribution in [2.24, 2.45) is 0 Å². The SMILES string of the molecule is N#CC(C(=O)Cl)c1cc(Br)nn1-c1ncc(Cl)cc1Cl. The van der Waals surface area contributed by atoms with Gasteiger partial charge in [-0.3, -0.25) is 4.79 Å². The third kappa shape index (κ3) is 2.96. The van der Waals surface area contributed by atoms with E-state index in [2.05, 4.69) is 26.0 Å². The molecule has 2 rings (SSSR count). The predicted molar refractivity (Wildman–Crippen MR) is 78.3 cm³/mol. The Morgan fingerprint density at radius 1 is 1.45 bits per heavy atom. The van der Waals surface area contributed by atoms with Crippen LogP contribution in [0.15, 0.2) is 22.9 Å². The Hall–Kier alpha value is -1.13. The summed E-state index contributed by atoms with van der Waals surface area (Å²) in [5.41, 5.74) is 0.260. The molecule has 0 amide bonds. The van der Waals surface area contributed by atoms with Crippen molar-refractivity contribution in [1.29, 1.82) is 5.26 Å². The second-order valence-electron chi connectivity index (χ2n) is 3.63. The van der Waals surface area contributed by atoms with Crippen molar-refractivity contribution >= 4 is 56.0 Å². The van der Waals surface area contributed by atoms with E-state index >= 15 is 0 Å². The van der Waals surface area contributed by atoms with Gasteiger partial charge in [-0.15, -0.1) is 0 Å². The average molecular weight is 394 g/mol. The summed E-state index contributed by atoms with van der Waals surface area (Å²) in [7, 11) is 0. The zero-order valence-corrected chi connectivity index (χ0v) is 13.4. The minimum atomic E-state index is -1.18. The first-order valence-electron chi connectivity index (χ1n) is 5.10. The maximum atomic E-state index is 11.3. The van der Waals surface area contributed by atoms with E-state index in [1.807, 2.05) is 6.07 Å². The lowest BCUT2D eigenvalue weighted by Crippen LogP contribution is -2.12. The van der Waals surface area contributed by atoms with Gasteiger partial charge in [-0.1, -0.05) is 23.2 Å². The molecule has 0 aliphatic rings. The molecule has 0 aliphatic carbocycles. The zero-order chi connectivity index (χ0) is 14.9. The van der Waals surface area contributed by atoms with Crippen molar-refractivity contribution in [2.75, 3.05) is 0 Å². The quantitative estimate of drug-likeness (QED) is 0.744. The normalized spacial score (nSPS) is 11.9. The first-order chi connectivity index (χ1) is 9.43. The van der Waals surface area contributed by atoms with Gasteiger partial charge in [-0.2, -0.15) is 10.4 Å². The molecule has 2 heterocycles. The third-order valence-corrected chi connectivity index (χ3v) is 3.44. The Kier molecular flexibility index (Phi) is 4.66. The molecule has 5 nitrogen and oxygen atoms in total. The fraction of sp³-hybridized carbons (Fsp3) is 0.0909. The number of carbonyl (C=O) groups is 1. The summed E-state index contributed by atoms with van der Waals surface area (Å²) >= 11 is 20.4. The lowest BCUT2D eigenvalue weighted by atomic mass is 10.1. The van der Waals surface area contributed by atoms with Crippen LogP contribution < -0.4 is 0 Å². The predicted octanol–water partition coefficient (Wildman–Crippen LogP) is 3.71. The molecule has 1 atom stereocenters. The summed E-state index contributed by atoms with van der Waals surface area (Å²) in [6.45, 7) is 0. The van der Waals surface area contributed by atoms with Gasteiger partial charge in [0.25, 0.3) is 0 Å². The maximum absolute atomic E-state index is 11.3. The highest BCUT2D eigenvalue weighted by Crippen LogP contribution is 2.28. The van der Waals surface area contributed by atoms with Crippen LogP contribution in [0.4, 0.5) is 0 Å². The Morgan fingerprint density at radius 3 is 2.70 bits per heavy atom. The monoisotopic (exact) mass is 392 g/mol. The molecule has 0 saturated heterocycles. The van der Waals surface area contributed by atoms with E-state index in [4.69, 9.17) is 40.1 Å². The average Bonchev–Trinajstić information content (AvgIpc) is 2.71. The van der Waals surface area contributed by atoms with Gasteiger partial charge >= 0.3 is 0 Å². The first-order valence-corrected chi connectivity index (χ1v) is 7.02. The van der Waals surface area contributed by atoms with E-state index in [0.29, 0.717) is 9.63 Å². The molecule has 9 heteroatoms. The molecule has 20 heavy (non-hydrogen) atoms. The molecule has 2 aromatic heterocycles. The molecular formula is C11H4BrCl3N4O. The van der Waals surface area contributed by atoms with Crippen molar-refractivity contribution in [3.8, 4) is 11.9 Å². The first kappa shape index (κ1) is 15.3. The van der Waals surface area contributed by atoms with E-state index in [9.17, 15) is 4.79 Å². The molecule has 1 unspecified atom stereocenters. The number of aromatic nitrogens is 3. The number of nitrogens with zero attached hydrogens (tertiary/aromatic N) is 4. The molecule has 0 saturated carbocycles. The van der Waals surface area contributed by atoms with Gasteiger partial charge < -0.3 is 0 Å². The van der Waals surface area contributed by atoms with Gasteiger partial charge in [0.05, 0.1) is 21.8 Å². The molecule has 0 radical (unpaired) electrons. The largest absolute Gasteiger partial charge is 0.279 e. The minimum absolute atomic E-state index is 0.230. The van der Waals surface area contributed by atoms with Gasteiger partial charge in [0.15, 0.2) is 11.7 Å².